The van der Waals surface area contributed by atoms with Crippen LogP contribution in [-0.4, -0.2) is 0 Å². The predicted octanol–water partition coefficient (Wildman–Crippen LogP) is 3.59. The average molecular weight is 139 g/mol. The Labute approximate surface area is 65.3 Å². The van der Waals surface area contributed by atoms with Crippen molar-refractivity contribution < 1.29 is 0 Å². The maximum absolute atomic E-state index is 3.81. The number of rotatable bonds is 3. The minimum absolute atomic E-state index is 0.317. The summed E-state index contributed by atoms with van der Waals surface area (Å²) in [6.07, 6.45) is 4.41. The molecule has 0 aliphatic heterocycles. The molecule has 0 saturated carbocycles. The van der Waals surface area contributed by atoms with Crippen LogP contribution in [0, 0.1) is 11.3 Å². The molecular weight excluding hydrogens is 120 g/mol. The zero-order chi connectivity index (χ0) is 8.20. The molecule has 0 amide bonds. The van der Waals surface area contributed by atoms with Crippen LogP contribution in [0.25, 0.3) is 0 Å². The minimum atomic E-state index is 0.317. The summed E-state index contributed by atoms with van der Waals surface area (Å²) in [4.78, 5) is 0. The molecule has 0 aromatic heterocycles. The van der Waals surface area contributed by atoms with Crippen molar-refractivity contribution in [1.82, 2.24) is 0 Å². The fourth-order valence-corrected chi connectivity index (χ4v) is 1.05. The summed E-state index contributed by atoms with van der Waals surface area (Å²) in [5, 5.41) is 0. The Morgan fingerprint density at radius 3 is 2.00 bits per heavy atom. The molecule has 0 aromatic carbocycles. The van der Waals surface area contributed by atoms with Crippen LogP contribution in [0.3, 0.4) is 0 Å². The number of hydrogen-bond acceptors (Lipinski definition) is 0. The number of hydrogen-bond donors (Lipinski definition) is 0. The molecule has 0 bridgehead atoms. The van der Waals surface area contributed by atoms with E-state index in [1.807, 2.05) is 6.08 Å². The van der Waals surface area contributed by atoms with Gasteiger partial charge in [-0.25, -0.2) is 0 Å². The topological polar surface area (TPSA) is 0 Å². The van der Waals surface area contributed by atoms with Gasteiger partial charge in [0.15, 0.2) is 0 Å². The van der Waals surface area contributed by atoms with Gasteiger partial charge >= 0.3 is 0 Å². The van der Waals surface area contributed by atoms with Crippen LogP contribution in [0.15, 0.2) is 12.7 Å². The quantitative estimate of drug-likeness (QED) is 0.560. The summed E-state index contributed by atoms with van der Waals surface area (Å²) in [6, 6.07) is 0. The fourth-order valence-electron chi connectivity index (χ4n) is 1.05. The lowest BCUT2D eigenvalue weighted by molar-refractivity contribution is 0.428. The highest BCUT2D eigenvalue weighted by molar-refractivity contribution is 5.13. The van der Waals surface area contributed by atoms with Crippen LogP contribution in [-0.2, 0) is 0 Å². The Balaban J connectivity index is 3.93. The molecule has 10 heavy (non-hydrogen) atoms. The third kappa shape index (κ3) is 3.05. The SMILES string of the molecule is C=C[C](CCC)C(C)(C)C. The fraction of sp³-hybridized carbons (Fsp3) is 0.700. The van der Waals surface area contributed by atoms with E-state index in [1.165, 1.54) is 18.8 Å². The van der Waals surface area contributed by atoms with Gasteiger partial charge < -0.3 is 0 Å². The van der Waals surface area contributed by atoms with Gasteiger partial charge in [-0.1, -0.05) is 40.2 Å². The third-order valence-corrected chi connectivity index (χ3v) is 1.73. The van der Waals surface area contributed by atoms with Crippen molar-refractivity contribution >= 4 is 0 Å². The zero-order valence-corrected chi connectivity index (χ0v) is 7.70. The maximum atomic E-state index is 3.81. The van der Waals surface area contributed by atoms with Crippen LogP contribution in [0.5, 0.6) is 0 Å². The average Bonchev–Trinajstić information content (AvgIpc) is 1.80. The van der Waals surface area contributed by atoms with E-state index < -0.39 is 0 Å². The molecule has 0 N–H and O–H groups in total. The van der Waals surface area contributed by atoms with Crippen molar-refractivity contribution in [2.75, 3.05) is 0 Å². The van der Waals surface area contributed by atoms with E-state index in [4.69, 9.17) is 0 Å². The van der Waals surface area contributed by atoms with Crippen LogP contribution < -0.4 is 0 Å². The molecule has 0 atom stereocenters. The second-order valence-electron chi connectivity index (χ2n) is 3.73. The van der Waals surface area contributed by atoms with Gasteiger partial charge in [-0.2, -0.15) is 0 Å². The largest absolute Gasteiger partial charge is 0.102 e. The molecular formula is C10H19. The van der Waals surface area contributed by atoms with Crippen molar-refractivity contribution in [3.63, 3.8) is 0 Å². The minimum Gasteiger partial charge on any atom is -0.102 e. The lowest BCUT2D eigenvalue weighted by Gasteiger charge is -2.26. The molecule has 0 fully saturated rings. The smallest absolute Gasteiger partial charge is 0.00233 e. The van der Waals surface area contributed by atoms with E-state index in [9.17, 15) is 0 Å². The van der Waals surface area contributed by atoms with Gasteiger partial charge in [0, 0.05) is 5.92 Å². The van der Waals surface area contributed by atoms with Crippen molar-refractivity contribution in [1.29, 1.82) is 0 Å². The highest BCUT2D eigenvalue weighted by Crippen LogP contribution is 2.32. The highest BCUT2D eigenvalue weighted by Gasteiger charge is 2.20. The van der Waals surface area contributed by atoms with E-state index in [1.54, 1.807) is 0 Å². The molecule has 59 valence electrons. The van der Waals surface area contributed by atoms with E-state index in [-0.39, 0.29) is 0 Å². The highest BCUT2D eigenvalue weighted by atomic mass is 14.2. The maximum Gasteiger partial charge on any atom is 0.00233 e. The molecule has 0 heteroatoms. The predicted molar refractivity (Wildman–Crippen MR) is 47.8 cm³/mol. The Kier molecular flexibility index (Phi) is 3.70. The summed E-state index contributed by atoms with van der Waals surface area (Å²) in [5.41, 5.74) is 0.317. The molecule has 0 nitrogen and oxygen atoms in total. The Hall–Kier alpha value is -0.260. The van der Waals surface area contributed by atoms with Gasteiger partial charge in [0.2, 0.25) is 0 Å². The van der Waals surface area contributed by atoms with E-state index >= 15 is 0 Å². The van der Waals surface area contributed by atoms with Crippen molar-refractivity contribution in [3.05, 3.63) is 18.6 Å². The molecule has 0 unspecified atom stereocenters. The molecule has 0 aromatic rings. The van der Waals surface area contributed by atoms with Crippen molar-refractivity contribution in [2.45, 2.75) is 40.5 Å². The van der Waals surface area contributed by atoms with Crippen LogP contribution in [0.2, 0.25) is 0 Å². The lowest BCUT2D eigenvalue weighted by atomic mass is 9.78. The lowest BCUT2D eigenvalue weighted by Crippen LogP contribution is -2.15. The molecule has 0 aliphatic carbocycles. The van der Waals surface area contributed by atoms with Crippen LogP contribution >= 0.6 is 0 Å². The first-order valence-corrected chi connectivity index (χ1v) is 4.01. The monoisotopic (exact) mass is 139 g/mol. The standard InChI is InChI=1S/C10H19/c1-6-8-9(7-2)10(3,4)5/h7H,2,6,8H2,1,3-5H3. The Bertz CT molecular complexity index is 95.1. The summed E-state index contributed by atoms with van der Waals surface area (Å²) in [6.45, 7) is 12.7. The molecule has 0 heterocycles. The van der Waals surface area contributed by atoms with Gasteiger partial charge in [0.1, 0.15) is 0 Å². The summed E-state index contributed by atoms with van der Waals surface area (Å²) in [5.74, 6) is 1.47. The van der Waals surface area contributed by atoms with E-state index in [0.717, 1.165) is 0 Å². The second kappa shape index (κ2) is 3.80. The Morgan fingerprint density at radius 1 is 1.40 bits per heavy atom. The molecule has 1 radical (unpaired) electrons. The van der Waals surface area contributed by atoms with Crippen molar-refractivity contribution in [2.24, 2.45) is 5.41 Å². The van der Waals surface area contributed by atoms with Gasteiger partial charge in [-0.15, -0.1) is 6.58 Å². The van der Waals surface area contributed by atoms with Crippen LogP contribution in [0.1, 0.15) is 40.5 Å². The van der Waals surface area contributed by atoms with Crippen molar-refractivity contribution in [3.8, 4) is 0 Å². The third-order valence-electron chi connectivity index (χ3n) is 1.73. The summed E-state index contributed by atoms with van der Waals surface area (Å²) >= 11 is 0. The first kappa shape index (κ1) is 9.74. The van der Waals surface area contributed by atoms with Gasteiger partial charge in [0.25, 0.3) is 0 Å². The summed E-state index contributed by atoms with van der Waals surface area (Å²) < 4.78 is 0. The second-order valence-corrected chi connectivity index (χ2v) is 3.73. The number of allylic oxidation sites excluding steroid dienone is 1. The van der Waals surface area contributed by atoms with Gasteiger partial charge in [-0.3, -0.25) is 0 Å². The molecule has 0 rings (SSSR count). The normalized spacial score (nSPS) is 12.1. The zero-order valence-electron chi connectivity index (χ0n) is 7.70. The molecule has 0 saturated heterocycles. The Morgan fingerprint density at radius 2 is 1.90 bits per heavy atom. The van der Waals surface area contributed by atoms with E-state index in [0.29, 0.717) is 5.41 Å². The first-order valence-electron chi connectivity index (χ1n) is 4.01. The van der Waals surface area contributed by atoms with Crippen LogP contribution in [0.4, 0.5) is 0 Å². The molecule has 0 spiro atoms. The van der Waals surface area contributed by atoms with Gasteiger partial charge in [-0.05, 0) is 11.8 Å². The molecule has 0 aliphatic rings. The van der Waals surface area contributed by atoms with E-state index in [2.05, 4.69) is 34.3 Å². The van der Waals surface area contributed by atoms with Gasteiger partial charge in [0.05, 0.1) is 0 Å². The summed E-state index contributed by atoms with van der Waals surface area (Å²) in [7, 11) is 0. The first-order chi connectivity index (χ1) is 4.52.